The Bertz CT molecular complexity index is 743. The maximum Gasteiger partial charge on any atom is 0.135 e. The third-order valence-corrected chi connectivity index (χ3v) is 3.33. The highest BCUT2D eigenvalue weighted by molar-refractivity contribution is 9.10. The van der Waals surface area contributed by atoms with Crippen LogP contribution in [0, 0.1) is 0 Å². The summed E-state index contributed by atoms with van der Waals surface area (Å²) in [4.78, 5) is 4.09. The van der Waals surface area contributed by atoms with E-state index in [4.69, 9.17) is 10.5 Å². The highest BCUT2D eigenvalue weighted by atomic mass is 79.9. The zero-order chi connectivity index (χ0) is 13.2. The van der Waals surface area contributed by atoms with Gasteiger partial charge in [-0.25, -0.2) is 0 Å². The normalized spacial score (nSPS) is 10.6. The number of halogens is 1. The predicted octanol–water partition coefficient (Wildman–Crippen LogP) is 4.37. The van der Waals surface area contributed by atoms with Gasteiger partial charge in [-0.05, 0) is 36.4 Å². The van der Waals surface area contributed by atoms with Gasteiger partial charge in [0.05, 0.1) is 0 Å². The minimum Gasteiger partial charge on any atom is -0.457 e. The Morgan fingerprint density at radius 1 is 1.05 bits per heavy atom. The van der Waals surface area contributed by atoms with Crippen LogP contribution < -0.4 is 10.5 Å². The number of ether oxygens (including phenoxy) is 1. The topological polar surface area (TPSA) is 48.1 Å². The predicted molar refractivity (Wildman–Crippen MR) is 80.4 cm³/mol. The number of hydrogen-bond donors (Lipinski definition) is 1. The second-order valence-electron chi connectivity index (χ2n) is 4.13. The van der Waals surface area contributed by atoms with Crippen LogP contribution in [0.15, 0.2) is 59.3 Å². The van der Waals surface area contributed by atoms with Crippen molar-refractivity contribution in [2.75, 3.05) is 5.73 Å². The number of fused-ring (bicyclic) bond motifs is 1. The molecule has 2 aromatic carbocycles. The van der Waals surface area contributed by atoms with Crippen molar-refractivity contribution in [3.8, 4) is 11.5 Å². The minimum atomic E-state index is 0.699. The molecular weight excluding hydrogens is 304 g/mol. The number of hydrogen-bond acceptors (Lipinski definition) is 3. The molecule has 3 nitrogen and oxygen atoms in total. The molecule has 0 aliphatic rings. The Balaban J connectivity index is 2.09. The number of aromatic nitrogens is 1. The van der Waals surface area contributed by atoms with Gasteiger partial charge in [0, 0.05) is 33.3 Å². The molecule has 3 aromatic rings. The third kappa shape index (κ3) is 2.39. The number of anilines is 1. The fraction of sp³-hybridized carbons (Fsp3) is 0. The SMILES string of the molecule is Nc1ccc(Oc2cccc(Br)c2)c2ccncc12. The van der Waals surface area contributed by atoms with Crippen LogP contribution in [0.5, 0.6) is 11.5 Å². The standard InChI is InChI=1S/C15H11BrN2O/c16-10-2-1-3-11(8-10)19-15-5-4-14(17)13-9-18-7-6-12(13)15/h1-9H,17H2. The van der Waals surface area contributed by atoms with E-state index >= 15 is 0 Å². The first-order valence-electron chi connectivity index (χ1n) is 5.80. The largest absolute Gasteiger partial charge is 0.457 e. The maximum atomic E-state index is 5.94. The molecule has 19 heavy (non-hydrogen) atoms. The van der Waals surface area contributed by atoms with Gasteiger partial charge in [0.15, 0.2) is 0 Å². The van der Waals surface area contributed by atoms with Crippen molar-refractivity contribution in [2.24, 2.45) is 0 Å². The van der Waals surface area contributed by atoms with Crippen molar-refractivity contribution in [2.45, 2.75) is 0 Å². The summed E-state index contributed by atoms with van der Waals surface area (Å²) in [5.41, 5.74) is 6.64. The van der Waals surface area contributed by atoms with Crippen LogP contribution >= 0.6 is 15.9 Å². The van der Waals surface area contributed by atoms with E-state index in [1.165, 1.54) is 0 Å². The van der Waals surface area contributed by atoms with E-state index in [0.29, 0.717) is 5.69 Å². The Labute approximate surface area is 119 Å². The highest BCUT2D eigenvalue weighted by Gasteiger charge is 2.06. The van der Waals surface area contributed by atoms with E-state index in [1.807, 2.05) is 42.5 Å². The van der Waals surface area contributed by atoms with Crippen LogP contribution in [0.4, 0.5) is 5.69 Å². The van der Waals surface area contributed by atoms with Crippen LogP contribution in [0.3, 0.4) is 0 Å². The number of rotatable bonds is 2. The quantitative estimate of drug-likeness (QED) is 0.714. The molecule has 0 saturated heterocycles. The summed E-state index contributed by atoms with van der Waals surface area (Å²) < 4.78 is 6.89. The molecule has 4 heteroatoms. The summed E-state index contributed by atoms with van der Waals surface area (Å²) >= 11 is 3.43. The fourth-order valence-electron chi connectivity index (χ4n) is 1.93. The molecule has 94 valence electrons. The van der Waals surface area contributed by atoms with E-state index in [1.54, 1.807) is 12.4 Å². The molecule has 0 unspecified atom stereocenters. The van der Waals surface area contributed by atoms with Crippen molar-refractivity contribution in [1.82, 2.24) is 4.98 Å². The van der Waals surface area contributed by atoms with Gasteiger partial charge in [0.25, 0.3) is 0 Å². The zero-order valence-electron chi connectivity index (χ0n) is 10.0. The number of nitrogens with zero attached hydrogens (tertiary/aromatic N) is 1. The Morgan fingerprint density at radius 3 is 2.79 bits per heavy atom. The summed E-state index contributed by atoms with van der Waals surface area (Å²) in [7, 11) is 0. The van der Waals surface area contributed by atoms with E-state index in [-0.39, 0.29) is 0 Å². The lowest BCUT2D eigenvalue weighted by Gasteiger charge is -2.10. The van der Waals surface area contributed by atoms with E-state index < -0.39 is 0 Å². The molecule has 0 aliphatic heterocycles. The monoisotopic (exact) mass is 314 g/mol. The molecule has 0 spiro atoms. The third-order valence-electron chi connectivity index (χ3n) is 2.84. The van der Waals surface area contributed by atoms with Crippen LogP contribution in [-0.2, 0) is 0 Å². The van der Waals surface area contributed by atoms with Gasteiger partial charge in [-0.3, -0.25) is 4.98 Å². The number of benzene rings is 2. The van der Waals surface area contributed by atoms with Gasteiger partial charge in [0.1, 0.15) is 11.5 Å². The zero-order valence-corrected chi connectivity index (χ0v) is 11.6. The Hall–Kier alpha value is -2.07. The molecule has 1 aromatic heterocycles. The first-order chi connectivity index (χ1) is 9.24. The lowest BCUT2D eigenvalue weighted by Crippen LogP contribution is -1.91. The maximum absolute atomic E-state index is 5.94. The molecule has 0 aliphatic carbocycles. The first kappa shape index (κ1) is 12.0. The van der Waals surface area contributed by atoms with E-state index in [0.717, 1.165) is 26.7 Å². The average molecular weight is 315 g/mol. The molecule has 2 N–H and O–H groups in total. The van der Waals surface area contributed by atoms with E-state index in [9.17, 15) is 0 Å². The lowest BCUT2D eigenvalue weighted by atomic mass is 10.1. The smallest absolute Gasteiger partial charge is 0.135 e. The summed E-state index contributed by atoms with van der Waals surface area (Å²) in [5, 5.41) is 1.85. The van der Waals surface area contributed by atoms with Crippen molar-refractivity contribution in [3.63, 3.8) is 0 Å². The number of nitrogens with two attached hydrogens (primary N) is 1. The van der Waals surface area contributed by atoms with Crippen molar-refractivity contribution >= 4 is 32.4 Å². The van der Waals surface area contributed by atoms with Gasteiger partial charge >= 0.3 is 0 Å². The van der Waals surface area contributed by atoms with Gasteiger partial charge < -0.3 is 10.5 Å². The van der Waals surface area contributed by atoms with Crippen LogP contribution in [0.1, 0.15) is 0 Å². The van der Waals surface area contributed by atoms with Crippen LogP contribution in [0.25, 0.3) is 10.8 Å². The van der Waals surface area contributed by atoms with Gasteiger partial charge in [0.2, 0.25) is 0 Å². The van der Waals surface area contributed by atoms with E-state index in [2.05, 4.69) is 20.9 Å². The summed E-state index contributed by atoms with van der Waals surface area (Å²) in [6, 6.07) is 13.3. The summed E-state index contributed by atoms with van der Waals surface area (Å²) in [6.45, 7) is 0. The number of nitrogen functional groups attached to an aromatic ring is 1. The second kappa shape index (κ2) is 4.90. The minimum absolute atomic E-state index is 0.699. The first-order valence-corrected chi connectivity index (χ1v) is 6.59. The van der Waals surface area contributed by atoms with Gasteiger partial charge in [-0.1, -0.05) is 22.0 Å². The molecule has 0 radical (unpaired) electrons. The molecule has 0 bridgehead atoms. The Kier molecular flexibility index (Phi) is 3.09. The Morgan fingerprint density at radius 2 is 1.95 bits per heavy atom. The van der Waals surface area contributed by atoms with Crippen molar-refractivity contribution < 1.29 is 4.74 Å². The molecule has 0 saturated carbocycles. The average Bonchev–Trinajstić information content (AvgIpc) is 2.42. The fourth-order valence-corrected chi connectivity index (χ4v) is 2.31. The highest BCUT2D eigenvalue weighted by Crippen LogP contribution is 2.33. The molecule has 0 amide bonds. The van der Waals surface area contributed by atoms with Crippen molar-refractivity contribution in [1.29, 1.82) is 0 Å². The summed E-state index contributed by atoms with van der Waals surface area (Å²) in [6.07, 6.45) is 3.48. The summed E-state index contributed by atoms with van der Waals surface area (Å²) in [5.74, 6) is 1.54. The van der Waals surface area contributed by atoms with Crippen molar-refractivity contribution in [3.05, 3.63) is 59.3 Å². The molecule has 0 fully saturated rings. The van der Waals surface area contributed by atoms with Gasteiger partial charge in [-0.15, -0.1) is 0 Å². The molecule has 1 heterocycles. The van der Waals surface area contributed by atoms with Crippen LogP contribution in [0.2, 0.25) is 0 Å². The number of pyridine rings is 1. The molecular formula is C15H11BrN2O. The lowest BCUT2D eigenvalue weighted by molar-refractivity contribution is 0.488. The van der Waals surface area contributed by atoms with Gasteiger partial charge in [-0.2, -0.15) is 0 Å². The second-order valence-corrected chi connectivity index (χ2v) is 5.05. The van der Waals surface area contributed by atoms with Crippen LogP contribution in [-0.4, -0.2) is 4.98 Å². The molecule has 3 rings (SSSR count). The molecule has 0 atom stereocenters.